The van der Waals surface area contributed by atoms with Gasteiger partial charge in [0.1, 0.15) is 5.82 Å². The van der Waals surface area contributed by atoms with Crippen molar-refractivity contribution in [3.8, 4) is 22.5 Å². The van der Waals surface area contributed by atoms with Crippen LogP contribution in [0.25, 0.3) is 22.5 Å². The predicted octanol–water partition coefficient (Wildman–Crippen LogP) is 4.50. The van der Waals surface area contributed by atoms with Crippen molar-refractivity contribution in [3.63, 3.8) is 0 Å². The van der Waals surface area contributed by atoms with Gasteiger partial charge < -0.3 is 0 Å². The van der Waals surface area contributed by atoms with E-state index in [1.54, 1.807) is 0 Å². The molecule has 8 nitrogen and oxygen atoms in total. The second-order valence-electron chi connectivity index (χ2n) is 7.76. The molecule has 0 bridgehead atoms. The number of carbonyl (C=O) groups excluding carboxylic acids is 1. The number of aromatic amines is 1. The number of hydrogen-bond donors (Lipinski definition) is 1. The highest BCUT2D eigenvalue weighted by Gasteiger charge is 2.16. The average molecular weight is 430 g/mol. The van der Waals surface area contributed by atoms with E-state index in [0.29, 0.717) is 24.6 Å². The Morgan fingerprint density at radius 3 is 2.47 bits per heavy atom. The van der Waals surface area contributed by atoms with Gasteiger partial charge >= 0.3 is 0 Å². The van der Waals surface area contributed by atoms with Gasteiger partial charge in [-0.2, -0.15) is 5.21 Å². The third kappa shape index (κ3) is 4.80. The summed E-state index contributed by atoms with van der Waals surface area (Å²) in [5.74, 6) is 1.79. The molecule has 0 amide bonds. The van der Waals surface area contributed by atoms with E-state index in [1.165, 1.54) is 0 Å². The summed E-state index contributed by atoms with van der Waals surface area (Å²) in [6, 6.07) is 16.3. The minimum atomic E-state index is 0.0115. The molecular weight excluding hydrogens is 402 g/mol. The molecule has 2 aromatic heterocycles. The first kappa shape index (κ1) is 21.5. The molecule has 0 aliphatic carbocycles. The summed E-state index contributed by atoms with van der Waals surface area (Å²) < 4.78 is 1.88. The van der Waals surface area contributed by atoms with Crippen LogP contribution >= 0.6 is 0 Å². The number of rotatable bonds is 10. The van der Waals surface area contributed by atoms with Gasteiger partial charge in [-0.05, 0) is 34.7 Å². The van der Waals surface area contributed by atoms with Gasteiger partial charge in [-0.15, -0.1) is 15.3 Å². The highest BCUT2D eigenvalue weighted by Crippen LogP contribution is 2.29. The first-order valence-corrected chi connectivity index (χ1v) is 11.1. The molecule has 164 valence electrons. The van der Waals surface area contributed by atoms with Gasteiger partial charge in [0.05, 0.1) is 6.54 Å². The molecule has 0 spiro atoms. The zero-order valence-corrected chi connectivity index (χ0v) is 18.5. The second kappa shape index (κ2) is 10.1. The lowest BCUT2D eigenvalue weighted by atomic mass is 9.98. The number of unbranched alkanes of at least 4 members (excludes halogenated alkanes) is 1. The standard InChI is InChI=1S/C24H27N7O/c1-3-5-11-22-25-24(21(32)8-4-2)28-31(22)16-17-12-14-18(15-13-17)19-9-6-7-10-20(19)23-26-29-30-27-23/h6-7,9-10,12-15H,3-5,8,11,16H2,1-2H3,(H,26,27,29,30). The van der Waals surface area contributed by atoms with Gasteiger partial charge in [0.15, 0.2) is 0 Å². The lowest BCUT2D eigenvalue weighted by molar-refractivity contribution is 0.0971. The number of H-pyrrole nitrogens is 1. The third-order valence-electron chi connectivity index (χ3n) is 5.34. The Kier molecular flexibility index (Phi) is 6.79. The lowest BCUT2D eigenvalue weighted by Crippen LogP contribution is -2.08. The molecule has 0 saturated carbocycles. The molecule has 2 heterocycles. The summed E-state index contributed by atoms with van der Waals surface area (Å²) in [5, 5.41) is 19.0. The molecule has 0 unspecified atom stereocenters. The fourth-order valence-corrected chi connectivity index (χ4v) is 3.65. The minimum Gasteiger partial charge on any atom is -0.291 e. The van der Waals surface area contributed by atoms with Crippen LogP contribution in [0.2, 0.25) is 0 Å². The summed E-state index contributed by atoms with van der Waals surface area (Å²) in [7, 11) is 0. The van der Waals surface area contributed by atoms with Crippen molar-refractivity contribution in [2.24, 2.45) is 0 Å². The highest BCUT2D eigenvalue weighted by molar-refractivity contribution is 5.92. The van der Waals surface area contributed by atoms with Gasteiger partial charge in [-0.3, -0.25) is 4.79 Å². The summed E-state index contributed by atoms with van der Waals surface area (Å²) >= 11 is 0. The van der Waals surface area contributed by atoms with Crippen LogP contribution < -0.4 is 0 Å². The fourth-order valence-electron chi connectivity index (χ4n) is 3.65. The largest absolute Gasteiger partial charge is 0.291 e. The SMILES string of the molecule is CCCCc1nc(C(=O)CCC)nn1Cc1ccc(-c2ccccc2-c2nn[nH]n2)cc1. The van der Waals surface area contributed by atoms with Crippen LogP contribution in [0.5, 0.6) is 0 Å². The van der Waals surface area contributed by atoms with E-state index >= 15 is 0 Å². The molecule has 0 saturated heterocycles. The summed E-state index contributed by atoms with van der Waals surface area (Å²) in [4.78, 5) is 16.9. The number of carbonyl (C=O) groups is 1. The molecule has 1 N–H and O–H groups in total. The zero-order chi connectivity index (χ0) is 22.3. The predicted molar refractivity (Wildman–Crippen MR) is 122 cm³/mol. The van der Waals surface area contributed by atoms with E-state index in [9.17, 15) is 4.79 Å². The number of aromatic nitrogens is 7. The quantitative estimate of drug-likeness (QED) is 0.372. The maximum atomic E-state index is 12.3. The molecule has 0 fully saturated rings. The average Bonchev–Trinajstić information content (AvgIpc) is 3.49. The molecule has 4 aromatic rings. The molecule has 4 rings (SSSR count). The molecule has 8 heteroatoms. The maximum Gasteiger partial charge on any atom is 0.217 e. The Hall–Kier alpha value is -3.68. The fraction of sp³-hybridized carbons (Fsp3) is 0.333. The molecule has 0 atom stereocenters. The van der Waals surface area contributed by atoms with Crippen molar-refractivity contribution in [1.82, 2.24) is 35.4 Å². The molecule has 2 aromatic carbocycles. The molecular formula is C24H27N7O. The van der Waals surface area contributed by atoms with Crippen LogP contribution in [0.3, 0.4) is 0 Å². The minimum absolute atomic E-state index is 0.0115. The molecule has 32 heavy (non-hydrogen) atoms. The van der Waals surface area contributed by atoms with Crippen LogP contribution in [-0.2, 0) is 13.0 Å². The van der Waals surface area contributed by atoms with E-state index in [0.717, 1.165) is 53.8 Å². The van der Waals surface area contributed by atoms with Gasteiger partial charge in [-0.1, -0.05) is 68.8 Å². The van der Waals surface area contributed by atoms with Crippen LogP contribution in [-0.4, -0.2) is 41.2 Å². The zero-order valence-electron chi connectivity index (χ0n) is 18.5. The van der Waals surface area contributed by atoms with Crippen molar-refractivity contribution in [1.29, 1.82) is 0 Å². The Balaban J connectivity index is 1.58. The number of nitrogens with one attached hydrogen (secondary N) is 1. The number of aryl methyl sites for hydroxylation is 1. The number of benzene rings is 2. The smallest absolute Gasteiger partial charge is 0.217 e. The van der Waals surface area contributed by atoms with Crippen molar-refractivity contribution in [2.75, 3.05) is 0 Å². The Morgan fingerprint density at radius 2 is 1.78 bits per heavy atom. The van der Waals surface area contributed by atoms with E-state index in [-0.39, 0.29) is 5.78 Å². The van der Waals surface area contributed by atoms with Crippen molar-refractivity contribution < 1.29 is 4.79 Å². The van der Waals surface area contributed by atoms with Crippen molar-refractivity contribution in [3.05, 3.63) is 65.7 Å². The van der Waals surface area contributed by atoms with E-state index in [2.05, 4.69) is 61.9 Å². The molecule has 0 aliphatic rings. The summed E-state index contributed by atoms with van der Waals surface area (Å²) in [6.07, 6.45) is 4.18. The summed E-state index contributed by atoms with van der Waals surface area (Å²) in [6.45, 7) is 4.72. The number of Topliss-reactive ketones (excluding diaryl/α,β-unsaturated/α-hetero) is 1. The first-order valence-electron chi connectivity index (χ1n) is 11.1. The lowest BCUT2D eigenvalue weighted by Gasteiger charge is -2.09. The second-order valence-corrected chi connectivity index (χ2v) is 7.76. The monoisotopic (exact) mass is 429 g/mol. The van der Waals surface area contributed by atoms with Crippen LogP contribution in [0.15, 0.2) is 48.5 Å². The van der Waals surface area contributed by atoms with E-state index in [1.807, 2.05) is 35.9 Å². The summed E-state index contributed by atoms with van der Waals surface area (Å²) in [5.41, 5.74) is 4.13. The van der Waals surface area contributed by atoms with Crippen molar-refractivity contribution >= 4 is 5.78 Å². The van der Waals surface area contributed by atoms with Crippen LogP contribution in [0.1, 0.15) is 61.5 Å². The third-order valence-corrected chi connectivity index (χ3v) is 5.34. The van der Waals surface area contributed by atoms with E-state index in [4.69, 9.17) is 0 Å². The maximum absolute atomic E-state index is 12.3. The molecule has 0 aliphatic heterocycles. The Bertz CT molecular complexity index is 1160. The van der Waals surface area contributed by atoms with Gasteiger partial charge in [0.2, 0.25) is 17.4 Å². The number of hydrogen-bond acceptors (Lipinski definition) is 6. The number of tetrazole rings is 1. The van der Waals surface area contributed by atoms with E-state index < -0.39 is 0 Å². The van der Waals surface area contributed by atoms with Gasteiger partial charge in [0.25, 0.3) is 0 Å². The topological polar surface area (TPSA) is 102 Å². The van der Waals surface area contributed by atoms with Gasteiger partial charge in [-0.25, -0.2) is 9.67 Å². The highest BCUT2D eigenvalue weighted by atomic mass is 16.1. The molecule has 0 radical (unpaired) electrons. The van der Waals surface area contributed by atoms with Crippen LogP contribution in [0, 0.1) is 0 Å². The first-order chi connectivity index (χ1) is 15.7. The normalized spacial score (nSPS) is 11.1. The van der Waals surface area contributed by atoms with Gasteiger partial charge in [0, 0.05) is 18.4 Å². The Morgan fingerprint density at radius 1 is 1.00 bits per heavy atom. The number of ketones is 1. The van der Waals surface area contributed by atoms with Crippen LogP contribution in [0.4, 0.5) is 0 Å². The Labute approximate surface area is 187 Å². The van der Waals surface area contributed by atoms with Crippen molar-refractivity contribution in [2.45, 2.75) is 52.5 Å². The number of nitrogens with zero attached hydrogens (tertiary/aromatic N) is 6.